The first-order valence-electron chi connectivity index (χ1n) is 7.97. The van der Waals surface area contributed by atoms with Crippen LogP contribution in [0.15, 0.2) is 23.4 Å². The molecule has 0 aliphatic heterocycles. The van der Waals surface area contributed by atoms with Crippen LogP contribution in [0.5, 0.6) is 0 Å². The van der Waals surface area contributed by atoms with Crippen LogP contribution in [0.2, 0.25) is 5.02 Å². The fourth-order valence-corrected chi connectivity index (χ4v) is 4.68. The van der Waals surface area contributed by atoms with Gasteiger partial charge in [0.15, 0.2) is 0 Å². The molecule has 3 rings (SSSR count). The second kappa shape index (κ2) is 4.97. The van der Waals surface area contributed by atoms with Crippen molar-refractivity contribution in [3.05, 3.63) is 28.8 Å². The molecule has 5 heteroatoms. The van der Waals surface area contributed by atoms with Crippen molar-refractivity contribution in [2.24, 2.45) is 21.4 Å². The van der Waals surface area contributed by atoms with E-state index < -0.39 is 5.41 Å². The fraction of sp³-hybridized carbons (Fsp3) is 0.556. The van der Waals surface area contributed by atoms with Crippen LogP contribution in [-0.4, -0.2) is 16.8 Å². The van der Waals surface area contributed by atoms with E-state index in [0.29, 0.717) is 11.4 Å². The highest BCUT2D eigenvalue weighted by Crippen LogP contribution is 2.71. The van der Waals surface area contributed by atoms with Gasteiger partial charge in [-0.3, -0.25) is 4.79 Å². The second-order valence-corrected chi connectivity index (χ2v) is 8.11. The van der Waals surface area contributed by atoms with Crippen LogP contribution in [-0.2, 0) is 4.79 Å². The lowest BCUT2D eigenvalue weighted by Crippen LogP contribution is -2.43. The number of fused-ring (bicyclic) bond motifs is 2. The molecule has 2 bridgehead atoms. The summed E-state index contributed by atoms with van der Waals surface area (Å²) in [4.78, 5) is 13.2. The smallest absolute Gasteiger partial charge is 0.231 e. The van der Waals surface area contributed by atoms with E-state index in [0.717, 1.165) is 29.8 Å². The van der Waals surface area contributed by atoms with Crippen LogP contribution in [0, 0.1) is 23.2 Å². The number of oxime groups is 1. The number of hydrogen-bond donors (Lipinski definition) is 2. The number of hydrogen-bond acceptors (Lipinski definition) is 3. The van der Waals surface area contributed by atoms with Gasteiger partial charge in [0.25, 0.3) is 0 Å². The summed E-state index contributed by atoms with van der Waals surface area (Å²) in [5.74, 6) is -0.00441. The summed E-state index contributed by atoms with van der Waals surface area (Å²) in [5, 5.41) is 16.6. The lowest BCUT2D eigenvalue weighted by Gasteiger charge is -2.39. The molecule has 124 valence electrons. The number of rotatable bonds is 2. The molecule has 1 amide bonds. The van der Waals surface area contributed by atoms with Crippen LogP contribution >= 0.6 is 11.6 Å². The Morgan fingerprint density at radius 3 is 2.61 bits per heavy atom. The minimum absolute atomic E-state index is 0.00441. The van der Waals surface area contributed by atoms with Crippen molar-refractivity contribution in [2.45, 2.75) is 47.0 Å². The minimum Gasteiger partial charge on any atom is -0.411 e. The molecule has 1 aromatic carbocycles. The second-order valence-electron chi connectivity index (χ2n) is 7.68. The van der Waals surface area contributed by atoms with E-state index in [2.05, 4.69) is 31.2 Å². The number of amides is 1. The van der Waals surface area contributed by atoms with E-state index in [1.54, 1.807) is 6.07 Å². The molecule has 0 aromatic heterocycles. The van der Waals surface area contributed by atoms with Gasteiger partial charge in [0.1, 0.15) is 0 Å². The molecular weight excluding hydrogens is 312 g/mol. The summed E-state index contributed by atoms with van der Waals surface area (Å²) >= 11 is 6.06. The van der Waals surface area contributed by atoms with Crippen molar-refractivity contribution >= 4 is 28.9 Å². The molecule has 2 aliphatic rings. The zero-order chi connectivity index (χ0) is 17.0. The first-order chi connectivity index (χ1) is 10.7. The Bertz CT molecular complexity index is 713. The molecule has 2 fully saturated rings. The Balaban J connectivity index is 1.98. The maximum atomic E-state index is 13.2. The van der Waals surface area contributed by atoms with E-state index in [-0.39, 0.29) is 16.7 Å². The lowest BCUT2D eigenvalue weighted by molar-refractivity contribution is -0.130. The average Bonchev–Trinajstić information content (AvgIpc) is 2.80. The van der Waals surface area contributed by atoms with E-state index in [9.17, 15) is 10.0 Å². The summed E-state index contributed by atoms with van der Waals surface area (Å²) in [6, 6.07) is 5.49. The highest BCUT2D eigenvalue weighted by atomic mass is 35.5. The van der Waals surface area contributed by atoms with Gasteiger partial charge in [-0.1, -0.05) is 43.6 Å². The van der Waals surface area contributed by atoms with Crippen molar-refractivity contribution in [1.82, 2.24) is 0 Å². The van der Waals surface area contributed by atoms with Crippen molar-refractivity contribution in [3.63, 3.8) is 0 Å². The highest BCUT2D eigenvalue weighted by Gasteiger charge is 2.71. The third-order valence-electron chi connectivity index (χ3n) is 6.74. The fourth-order valence-electron chi connectivity index (χ4n) is 4.51. The Kier molecular flexibility index (Phi) is 3.53. The maximum absolute atomic E-state index is 13.2. The summed E-state index contributed by atoms with van der Waals surface area (Å²) in [5.41, 5.74) is 1.42. The number of halogens is 1. The first kappa shape index (κ1) is 16.3. The largest absolute Gasteiger partial charge is 0.411 e. The number of anilines is 1. The minimum atomic E-state index is -0.544. The number of nitrogens with zero attached hydrogens (tertiary/aromatic N) is 1. The zero-order valence-corrected chi connectivity index (χ0v) is 14.8. The predicted molar refractivity (Wildman–Crippen MR) is 92.2 cm³/mol. The first-order valence-corrected chi connectivity index (χ1v) is 8.35. The quantitative estimate of drug-likeness (QED) is 0.611. The molecule has 2 unspecified atom stereocenters. The Hall–Kier alpha value is -1.55. The van der Waals surface area contributed by atoms with Gasteiger partial charge in [0.05, 0.1) is 11.1 Å². The number of nitrogens with one attached hydrogen (secondary N) is 1. The van der Waals surface area contributed by atoms with Gasteiger partial charge in [-0.25, -0.2) is 0 Å². The van der Waals surface area contributed by atoms with E-state index in [4.69, 9.17) is 11.6 Å². The van der Waals surface area contributed by atoms with Crippen LogP contribution < -0.4 is 5.32 Å². The molecule has 2 aliphatic carbocycles. The Labute approximate surface area is 141 Å². The summed E-state index contributed by atoms with van der Waals surface area (Å²) in [6.45, 7) is 8.28. The normalized spacial score (nSPS) is 33.2. The van der Waals surface area contributed by atoms with Crippen LogP contribution in [0.25, 0.3) is 0 Å². The maximum Gasteiger partial charge on any atom is 0.231 e. The molecular formula is C18H23ClN2O2. The molecule has 0 saturated heterocycles. The van der Waals surface area contributed by atoms with Crippen molar-refractivity contribution in [2.75, 3.05) is 5.32 Å². The van der Waals surface area contributed by atoms with Crippen LogP contribution in [0.3, 0.4) is 0 Å². The number of carbonyl (C=O) groups excluding carboxylic acids is 1. The third kappa shape index (κ3) is 1.97. The number of benzene rings is 1. The van der Waals surface area contributed by atoms with E-state index in [1.165, 1.54) is 0 Å². The summed E-state index contributed by atoms with van der Waals surface area (Å²) in [7, 11) is 0. The van der Waals surface area contributed by atoms with E-state index >= 15 is 0 Å². The number of carbonyl (C=O) groups is 1. The molecule has 4 nitrogen and oxygen atoms in total. The van der Waals surface area contributed by atoms with Gasteiger partial charge < -0.3 is 10.5 Å². The highest BCUT2D eigenvalue weighted by molar-refractivity contribution is 6.31. The molecule has 2 saturated carbocycles. The van der Waals surface area contributed by atoms with Gasteiger partial charge >= 0.3 is 0 Å². The van der Waals surface area contributed by atoms with Crippen LogP contribution in [0.1, 0.15) is 45.6 Å². The van der Waals surface area contributed by atoms with Gasteiger partial charge in [0.2, 0.25) is 5.91 Å². The van der Waals surface area contributed by atoms with Gasteiger partial charge in [-0.05, 0) is 42.9 Å². The molecule has 1 aromatic rings. The zero-order valence-electron chi connectivity index (χ0n) is 14.0. The van der Waals surface area contributed by atoms with Gasteiger partial charge in [0, 0.05) is 22.5 Å². The Morgan fingerprint density at radius 2 is 2.00 bits per heavy atom. The summed E-state index contributed by atoms with van der Waals surface area (Å²) < 4.78 is 0. The van der Waals surface area contributed by atoms with Crippen LogP contribution in [0.4, 0.5) is 5.69 Å². The monoisotopic (exact) mass is 334 g/mol. The Morgan fingerprint density at radius 1 is 1.30 bits per heavy atom. The molecule has 2 atom stereocenters. The van der Waals surface area contributed by atoms with Crippen molar-refractivity contribution in [1.29, 1.82) is 0 Å². The standard InChI is InChI=1S/C18H23ClN2O2/c1-11-5-6-12(19)9-13(11)20-15(22)18-8-7-17(4,16(18,2)3)14(10-18)21-23/h5-6,9,23H,7-8,10H2,1-4H3,(H,20,22). The molecule has 0 spiro atoms. The summed E-state index contributed by atoms with van der Waals surface area (Å²) in [6.07, 6.45) is 2.18. The van der Waals surface area contributed by atoms with Gasteiger partial charge in [-0.2, -0.15) is 0 Å². The topological polar surface area (TPSA) is 61.7 Å². The SMILES string of the molecule is Cc1ccc(Cl)cc1NC(=O)C12CCC(C)(C(=NO)C1)C2(C)C. The average molecular weight is 335 g/mol. The third-order valence-corrected chi connectivity index (χ3v) is 6.97. The van der Waals surface area contributed by atoms with Gasteiger partial charge in [-0.15, -0.1) is 0 Å². The number of aryl methyl sites for hydroxylation is 1. The molecule has 0 radical (unpaired) electrons. The molecule has 23 heavy (non-hydrogen) atoms. The lowest BCUT2D eigenvalue weighted by atomic mass is 9.64. The van der Waals surface area contributed by atoms with Crippen molar-refractivity contribution < 1.29 is 10.0 Å². The van der Waals surface area contributed by atoms with E-state index in [1.807, 2.05) is 19.1 Å². The molecule has 2 N–H and O–H groups in total. The predicted octanol–water partition coefficient (Wildman–Crippen LogP) is 4.63. The van der Waals surface area contributed by atoms with Crippen molar-refractivity contribution in [3.8, 4) is 0 Å². The molecule has 0 heterocycles.